The number of urea groups is 1. The van der Waals surface area contributed by atoms with Gasteiger partial charge >= 0.3 is 6.03 Å². The van der Waals surface area contributed by atoms with Gasteiger partial charge < -0.3 is 10.0 Å². The van der Waals surface area contributed by atoms with E-state index >= 15 is 0 Å². The van der Waals surface area contributed by atoms with Gasteiger partial charge in [0.15, 0.2) is 0 Å². The van der Waals surface area contributed by atoms with Gasteiger partial charge in [-0.25, -0.2) is 9.78 Å². The highest BCUT2D eigenvalue weighted by Crippen LogP contribution is 2.12. The van der Waals surface area contributed by atoms with Crippen molar-refractivity contribution in [1.29, 1.82) is 0 Å². The predicted octanol–water partition coefficient (Wildman–Crippen LogP) is 1.83. The van der Waals surface area contributed by atoms with E-state index in [1.165, 1.54) is 12.8 Å². The number of anilines is 1. The first kappa shape index (κ1) is 14.4. The van der Waals surface area contributed by atoms with E-state index in [9.17, 15) is 4.79 Å². The maximum Gasteiger partial charge on any atom is 0.323 e. The van der Waals surface area contributed by atoms with E-state index in [0.717, 1.165) is 25.9 Å². The molecule has 0 atom stereocenters. The lowest BCUT2D eigenvalue weighted by atomic mass is 10.2. The van der Waals surface area contributed by atoms with Gasteiger partial charge in [-0.15, -0.1) is 0 Å². The number of nitrogens with zero attached hydrogens (tertiary/aromatic N) is 2. The predicted molar refractivity (Wildman–Crippen MR) is 77.3 cm³/mol. The molecular weight excluding hydrogens is 254 g/mol. The van der Waals surface area contributed by atoms with Crippen molar-refractivity contribution in [2.45, 2.75) is 25.7 Å². The first-order valence-corrected chi connectivity index (χ1v) is 6.92. The highest BCUT2D eigenvalue weighted by atomic mass is 16.2. The minimum absolute atomic E-state index is 0.105. The molecule has 1 aromatic rings. The lowest BCUT2D eigenvalue weighted by Gasteiger charge is -2.20. The van der Waals surface area contributed by atoms with Gasteiger partial charge in [0.1, 0.15) is 18.1 Å². The number of carbonyl (C=O) groups excluding carboxylic acids is 1. The van der Waals surface area contributed by atoms with Crippen molar-refractivity contribution in [3.8, 4) is 11.8 Å². The fraction of sp³-hybridized carbons (Fsp3) is 0.467. The summed E-state index contributed by atoms with van der Waals surface area (Å²) < 4.78 is 0. The Hall–Kier alpha value is -2.06. The number of hydrogen-bond donors (Lipinski definition) is 2. The third-order valence-electron chi connectivity index (χ3n) is 3.17. The SMILES string of the molecule is O=C(Nc1cccc(C#CCO)n1)N1CCCCCC1. The highest BCUT2D eigenvalue weighted by Gasteiger charge is 2.15. The molecule has 1 aliphatic heterocycles. The van der Waals surface area contributed by atoms with E-state index in [-0.39, 0.29) is 12.6 Å². The Kier molecular flexibility index (Phi) is 5.39. The van der Waals surface area contributed by atoms with Gasteiger partial charge in [-0.3, -0.25) is 5.32 Å². The zero-order valence-corrected chi connectivity index (χ0v) is 11.4. The van der Waals surface area contributed by atoms with Crippen molar-refractivity contribution < 1.29 is 9.90 Å². The molecule has 0 saturated carbocycles. The molecule has 2 rings (SSSR count). The van der Waals surface area contributed by atoms with Gasteiger partial charge in [0, 0.05) is 13.1 Å². The molecule has 2 amide bonds. The van der Waals surface area contributed by atoms with Crippen molar-refractivity contribution in [3.63, 3.8) is 0 Å². The minimum Gasteiger partial charge on any atom is -0.384 e. The summed E-state index contributed by atoms with van der Waals surface area (Å²) in [5, 5.41) is 11.5. The molecule has 5 nitrogen and oxygen atoms in total. The molecule has 20 heavy (non-hydrogen) atoms. The highest BCUT2D eigenvalue weighted by molar-refractivity contribution is 5.88. The summed E-state index contributed by atoms with van der Waals surface area (Å²) in [6.45, 7) is 1.40. The fourth-order valence-corrected chi connectivity index (χ4v) is 2.17. The Morgan fingerprint density at radius 2 is 2.05 bits per heavy atom. The molecule has 5 heteroatoms. The van der Waals surface area contributed by atoms with Crippen molar-refractivity contribution in [2.24, 2.45) is 0 Å². The molecule has 0 aromatic carbocycles. The number of aliphatic hydroxyl groups is 1. The topological polar surface area (TPSA) is 65.5 Å². The molecule has 0 spiro atoms. The fourth-order valence-electron chi connectivity index (χ4n) is 2.17. The average Bonchev–Trinajstić information content (AvgIpc) is 2.74. The van der Waals surface area contributed by atoms with Gasteiger partial charge in [-0.1, -0.05) is 24.8 Å². The molecule has 0 aliphatic carbocycles. The van der Waals surface area contributed by atoms with Crippen LogP contribution in [0.15, 0.2) is 18.2 Å². The Bertz CT molecular complexity index is 511. The second kappa shape index (κ2) is 7.51. The number of pyridine rings is 1. The zero-order valence-electron chi connectivity index (χ0n) is 11.4. The van der Waals surface area contributed by atoms with Crippen LogP contribution in [0.3, 0.4) is 0 Å². The third kappa shape index (κ3) is 4.25. The summed E-state index contributed by atoms with van der Waals surface area (Å²) >= 11 is 0. The molecule has 1 aliphatic rings. The zero-order chi connectivity index (χ0) is 14.2. The molecule has 1 saturated heterocycles. The molecule has 2 heterocycles. The lowest BCUT2D eigenvalue weighted by molar-refractivity contribution is 0.213. The van der Waals surface area contributed by atoms with Crippen LogP contribution in [-0.2, 0) is 0 Å². The van der Waals surface area contributed by atoms with Gasteiger partial charge in [0.25, 0.3) is 0 Å². The van der Waals surface area contributed by atoms with Gasteiger partial charge in [0.2, 0.25) is 0 Å². The van der Waals surface area contributed by atoms with Crippen LogP contribution in [0.5, 0.6) is 0 Å². The van der Waals surface area contributed by atoms with Crippen molar-refractivity contribution in [2.75, 3.05) is 25.0 Å². The molecule has 1 aromatic heterocycles. The summed E-state index contributed by atoms with van der Waals surface area (Å²) in [6.07, 6.45) is 4.49. The standard InChI is InChI=1S/C15H19N3O2/c19-12-6-8-13-7-5-9-14(16-13)17-15(20)18-10-3-1-2-4-11-18/h5,7,9,19H,1-4,10-12H2,(H,16,17,20). The van der Waals surface area contributed by atoms with Gasteiger partial charge in [0.05, 0.1) is 0 Å². The quantitative estimate of drug-likeness (QED) is 0.767. The molecule has 0 unspecified atom stereocenters. The van der Waals surface area contributed by atoms with E-state index in [1.54, 1.807) is 18.2 Å². The first-order valence-electron chi connectivity index (χ1n) is 6.92. The lowest BCUT2D eigenvalue weighted by Crippen LogP contribution is -2.35. The normalized spacial score (nSPS) is 14.9. The second-order valence-electron chi connectivity index (χ2n) is 4.70. The van der Waals surface area contributed by atoms with Crippen LogP contribution in [0.2, 0.25) is 0 Å². The number of aliphatic hydroxyl groups excluding tert-OH is 1. The Morgan fingerprint density at radius 3 is 2.75 bits per heavy atom. The molecule has 0 radical (unpaired) electrons. The molecular formula is C15H19N3O2. The van der Waals surface area contributed by atoms with Gasteiger partial charge in [-0.05, 0) is 30.9 Å². The molecule has 2 N–H and O–H groups in total. The third-order valence-corrected chi connectivity index (χ3v) is 3.17. The molecule has 1 fully saturated rings. The summed E-state index contributed by atoms with van der Waals surface area (Å²) in [4.78, 5) is 18.2. The number of carbonyl (C=O) groups is 1. The second-order valence-corrected chi connectivity index (χ2v) is 4.70. The number of nitrogens with one attached hydrogen (secondary N) is 1. The summed E-state index contributed by atoms with van der Waals surface area (Å²) in [5.41, 5.74) is 0.535. The number of rotatable bonds is 1. The van der Waals surface area contributed by atoms with E-state index in [0.29, 0.717) is 11.5 Å². The van der Waals surface area contributed by atoms with Crippen LogP contribution in [0.25, 0.3) is 0 Å². The van der Waals surface area contributed by atoms with Crippen molar-refractivity contribution in [3.05, 3.63) is 23.9 Å². The van der Waals surface area contributed by atoms with E-state index in [1.807, 2.05) is 4.90 Å². The van der Waals surface area contributed by atoms with Crippen LogP contribution in [0, 0.1) is 11.8 Å². The first-order chi connectivity index (χ1) is 9.79. The monoisotopic (exact) mass is 273 g/mol. The van der Waals surface area contributed by atoms with Crippen LogP contribution in [-0.4, -0.2) is 40.7 Å². The Labute approximate surface area is 119 Å². The maximum atomic E-state index is 12.1. The average molecular weight is 273 g/mol. The van der Waals surface area contributed by atoms with E-state index in [4.69, 9.17) is 5.11 Å². The summed E-state index contributed by atoms with van der Waals surface area (Å²) in [5.74, 6) is 5.75. The molecule has 0 bridgehead atoms. The summed E-state index contributed by atoms with van der Waals surface area (Å²) in [6, 6.07) is 5.16. The Morgan fingerprint density at radius 1 is 1.30 bits per heavy atom. The smallest absolute Gasteiger partial charge is 0.323 e. The minimum atomic E-state index is -0.202. The van der Waals surface area contributed by atoms with Crippen LogP contribution < -0.4 is 5.32 Å². The number of aromatic nitrogens is 1. The van der Waals surface area contributed by atoms with E-state index in [2.05, 4.69) is 22.1 Å². The van der Waals surface area contributed by atoms with E-state index < -0.39 is 0 Å². The Balaban J connectivity index is 1.99. The van der Waals surface area contributed by atoms with Gasteiger partial charge in [-0.2, -0.15) is 0 Å². The summed E-state index contributed by atoms with van der Waals surface area (Å²) in [7, 11) is 0. The number of amides is 2. The number of hydrogen-bond acceptors (Lipinski definition) is 3. The van der Waals surface area contributed by atoms with Crippen LogP contribution in [0.4, 0.5) is 10.6 Å². The van der Waals surface area contributed by atoms with Crippen LogP contribution >= 0.6 is 0 Å². The largest absolute Gasteiger partial charge is 0.384 e. The van der Waals surface area contributed by atoms with Crippen molar-refractivity contribution in [1.82, 2.24) is 9.88 Å². The van der Waals surface area contributed by atoms with Crippen molar-refractivity contribution >= 4 is 11.8 Å². The van der Waals surface area contributed by atoms with Crippen LogP contribution in [0.1, 0.15) is 31.4 Å². The maximum absolute atomic E-state index is 12.1. The number of likely N-dealkylation sites (tertiary alicyclic amines) is 1. The molecule has 106 valence electrons.